The topological polar surface area (TPSA) is 70.2 Å². The fourth-order valence-electron chi connectivity index (χ4n) is 3.80. The molecule has 6 heteroatoms. The highest BCUT2D eigenvalue weighted by atomic mass is 32.2. The number of hydrogen-bond acceptors (Lipinski definition) is 4. The maximum atomic E-state index is 12.4. The summed E-state index contributed by atoms with van der Waals surface area (Å²) in [5, 5.41) is 7.12. The lowest BCUT2D eigenvalue weighted by Gasteiger charge is -2.22. The first-order valence-electron chi connectivity index (χ1n) is 9.74. The van der Waals surface area contributed by atoms with E-state index >= 15 is 0 Å². The van der Waals surface area contributed by atoms with E-state index < -0.39 is 10.0 Å². The number of rotatable bonds is 7. The van der Waals surface area contributed by atoms with Crippen LogP contribution in [0.4, 0.5) is 5.69 Å². The molecule has 3 N–H and O–H groups in total. The molecule has 27 heavy (non-hydrogen) atoms. The molecule has 1 saturated heterocycles. The highest BCUT2D eigenvalue weighted by Crippen LogP contribution is 2.41. The second kappa shape index (κ2) is 8.00. The average molecular weight is 386 g/mol. The van der Waals surface area contributed by atoms with E-state index in [0.717, 1.165) is 25.6 Å². The number of anilines is 1. The standard InChI is InChI=1S/C21H27N3O2S/c25-27(26,19-4-2-1-3-5-19)24-18-8-6-17(7-9-18)20-14-21(20)23-15-16-10-12-22-13-11-16/h1-9,16,20-24H,10-15H2/t20-,21+/m0/s1. The molecular formula is C21H27N3O2S. The second-order valence-corrected chi connectivity index (χ2v) is 9.27. The Morgan fingerprint density at radius 2 is 1.67 bits per heavy atom. The minimum atomic E-state index is -3.53. The Morgan fingerprint density at radius 1 is 0.963 bits per heavy atom. The summed E-state index contributed by atoms with van der Waals surface area (Å²) in [4.78, 5) is 0.276. The van der Waals surface area contributed by atoms with E-state index in [2.05, 4.69) is 15.4 Å². The largest absolute Gasteiger partial charge is 0.317 e. The van der Waals surface area contributed by atoms with E-state index in [1.807, 2.05) is 24.3 Å². The van der Waals surface area contributed by atoms with Crippen molar-refractivity contribution in [2.45, 2.75) is 36.1 Å². The third kappa shape index (κ3) is 4.69. The Labute approximate surface area is 161 Å². The van der Waals surface area contributed by atoms with Crippen molar-refractivity contribution in [1.29, 1.82) is 0 Å². The Kier molecular flexibility index (Phi) is 5.48. The van der Waals surface area contributed by atoms with Gasteiger partial charge in [-0.1, -0.05) is 30.3 Å². The molecule has 1 aliphatic carbocycles. The molecule has 1 heterocycles. The number of piperidine rings is 1. The molecule has 0 unspecified atom stereocenters. The van der Waals surface area contributed by atoms with Gasteiger partial charge in [-0.15, -0.1) is 0 Å². The minimum absolute atomic E-state index is 0.276. The molecule has 5 nitrogen and oxygen atoms in total. The van der Waals surface area contributed by atoms with Crippen molar-refractivity contribution < 1.29 is 8.42 Å². The van der Waals surface area contributed by atoms with Crippen LogP contribution in [0.5, 0.6) is 0 Å². The lowest BCUT2D eigenvalue weighted by atomic mass is 9.98. The summed E-state index contributed by atoms with van der Waals surface area (Å²) in [6.07, 6.45) is 3.70. The van der Waals surface area contributed by atoms with E-state index in [1.165, 1.54) is 24.8 Å². The van der Waals surface area contributed by atoms with Crippen molar-refractivity contribution in [3.63, 3.8) is 0 Å². The molecule has 144 valence electrons. The molecule has 2 aromatic carbocycles. The Balaban J connectivity index is 1.31. The number of sulfonamides is 1. The van der Waals surface area contributed by atoms with Gasteiger partial charge in [0.25, 0.3) is 10.0 Å². The molecule has 2 fully saturated rings. The molecule has 0 amide bonds. The first kappa shape index (κ1) is 18.5. The fourth-order valence-corrected chi connectivity index (χ4v) is 4.88. The van der Waals surface area contributed by atoms with Crippen molar-refractivity contribution >= 4 is 15.7 Å². The van der Waals surface area contributed by atoms with Gasteiger partial charge in [-0.05, 0) is 74.6 Å². The summed E-state index contributed by atoms with van der Waals surface area (Å²) in [5.74, 6) is 1.34. The van der Waals surface area contributed by atoms with Crippen LogP contribution in [0.15, 0.2) is 59.5 Å². The summed E-state index contributed by atoms with van der Waals surface area (Å²) in [6.45, 7) is 3.39. The third-order valence-electron chi connectivity index (χ3n) is 5.56. The van der Waals surface area contributed by atoms with Gasteiger partial charge in [0.05, 0.1) is 4.90 Å². The van der Waals surface area contributed by atoms with Crippen LogP contribution in [0.2, 0.25) is 0 Å². The zero-order valence-corrected chi connectivity index (χ0v) is 16.2. The Bertz CT molecular complexity index is 847. The van der Waals surface area contributed by atoms with E-state index in [1.54, 1.807) is 30.3 Å². The van der Waals surface area contributed by atoms with Crippen LogP contribution in [-0.2, 0) is 10.0 Å². The molecule has 2 aromatic rings. The highest BCUT2D eigenvalue weighted by Gasteiger charge is 2.38. The normalized spacial score (nSPS) is 23.1. The van der Waals surface area contributed by atoms with Crippen molar-refractivity contribution in [3.05, 3.63) is 60.2 Å². The van der Waals surface area contributed by atoms with Gasteiger partial charge in [0.15, 0.2) is 0 Å². The van der Waals surface area contributed by atoms with Crippen molar-refractivity contribution in [3.8, 4) is 0 Å². The fraction of sp³-hybridized carbons (Fsp3) is 0.429. The SMILES string of the molecule is O=S(=O)(Nc1ccc([C@@H]2C[C@H]2NCC2CCNCC2)cc1)c1ccccc1. The smallest absolute Gasteiger partial charge is 0.261 e. The third-order valence-corrected chi connectivity index (χ3v) is 6.96. The van der Waals surface area contributed by atoms with Gasteiger partial charge < -0.3 is 10.6 Å². The molecule has 0 spiro atoms. The zero-order chi connectivity index (χ0) is 18.7. The van der Waals surface area contributed by atoms with Gasteiger partial charge in [-0.25, -0.2) is 8.42 Å². The van der Waals surface area contributed by atoms with Crippen molar-refractivity contribution in [2.24, 2.45) is 5.92 Å². The first-order chi connectivity index (χ1) is 13.1. The monoisotopic (exact) mass is 385 g/mol. The molecule has 1 aliphatic heterocycles. The molecular weight excluding hydrogens is 358 g/mol. The molecule has 0 bridgehead atoms. The number of benzene rings is 2. The van der Waals surface area contributed by atoms with Crippen molar-refractivity contribution in [1.82, 2.24) is 10.6 Å². The van der Waals surface area contributed by atoms with Crippen LogP contribution < -0.4 is 15.4 Å². The molecule has 2 aliphatic rings. The van der Waals surface area contributed by atoms with Crippen molar-refractivity contribution in [2.75, 3.05) is 24.4 Å². The van der Waals surface area contributed by atoms with Gasteiger partial charge in [0.2, 0.25) is 0 Å². The molecule has 0 radical (unpaired) electrons. The van der Waals surface area contributed by atoms with E-state index in [-0.39, 0.29) is 4.90 Å². The van der Waals surface area contributed by atoms with E-state index in [0.29, 0.717) is 17.6 Å². The maximum Gasteiger partial charge on any atom is 0.261 e. The zero-order valence-electron chi connectivity index (χ0n) is 15.4. The average Bonchev–Trinajstić information content (AvgIpc) is 3.48. The predicted octanol–water partition coefficient (Wildman–Crippen LogP) is 2.93. The van der Waals surface area contributed by atoms with Crippen LogP contribution in [0.25, 0.3) is 0 Å². The lowest BCUT2D eigenvalue weighted by molar-refractivity contribution is 0.355. The Hall–Kier alpha value is -1.89. The van der Waals surface area contributed by atoms with Crippen LogP contribution in [0.3, 0.4) is 0 Å². The predicted molar refractivity (Wildman–Crippen MR) is 108 cm³/mol. The molecule has 0 aromatic heterocycles. The molecule has 1 saturated carbocycles. The van der Waals surface area contributed by atoms with Crippen LogP contribution in [-0.4, -0.2) is 34.1 Å². The highest BCUT2D eigenvalue weighted by molar-refractivity contribution is 7.92. The minimum Gasteiger partial charge on any atom is -0.317 e. The number of nitrogens with one attached hydrogen (secondary N) is 3. The summed E-state index contributed by atoms with van der Waals surface area (Å²) in [6, 6.07) is 16.8. The lowest BCUT2D eigenvalue weighted by Crippen LogP contribution is -2.34. The number of hydrogen-bond donors (Lipinski definition) is 3. The van der Waals surface area contributed by atoms with Crippen LogP contribution in [0.1, 0.15) is 30.7 Å². The quantitative estimate of drug-likeness (QED) is 0.685. The maximum absolute atomic E-state index is 12.4. The first-order valence-corrected chi connectivity index (χ1v) is 11.2. The summed E-state index contributed by atoms with van der Waals surface area (Å²) in [5.41, 5.74) is 1.88. The summed E-state index contributed by atoms with van der Waals surface area (Å²) >= 11 is 0. The van der Waals surface area contributed by atoms with Gasteiger partial charge in [-0.3, -0.25) is 4.72 Å². The van der Waals surface area contributed by atoms with Gasteiger partial charge in [0.1, 0.15) is 0 Å². The molecule has 2 atom stereocenters. The van der Waals surface area contributed by atoms with Gasteiger partial charge >= 0.3 is 0 Å². The molecule has 4 rings (SSSR count). The summed E-state index contributed by atoms with van der Waals surface area (Å²) < 4.78 is 27.4. The summed E-state index contributed by atoms with van der Waals surface area (Å²) in [7, 11) is -3.53. The Morgan fingerprint density at radius 3 is 2.37 bits per heavy atom. The van der Waals surface area contributed by atoms with Gasteiger partial charge in [-0.2, -0.15) is 0 Å². The van der Waals surface area contributed by atoms with Crippen LogP contribution in [0, 0.1) is 5.92 Å². The van der Waals surface area contributed by atoms with E-state index in [9.17, 15) is 8.42 Å². The van der Waals surface area contributed by atoms with Crippen LogP contribution >= 0.6 is 0 Å². The van der Waals surface area contributed by atoms with Gasteiger partial charge in [0, 0.05) is 17.6 Å². The van der Waals surface area contributed by atoms with E-state index in [4.69, 9.17) is 0 Å². The second-order valence-electron chi connectivity index (χ2n) is 7.59.